The number of benzene rings is 2. The maximum Gasteiger partial charge on any atom is 0.353 e. The number of halogens is 1. The van der Waals surface area contributed by atoms with E-state index < -0.39 is 4.92 Å². The van der Waals surface area contributed by atoms with Crippen LogP contribution < -0.4 is 10.6 Å². The summed E-state index contributed by atoms with van der Waals surface area (Å²) in [5, 5.41) is 18.3. The highest BCUT2D eigenvalue weighted by atomic mass is 35.5. The number of hydrogen-bond acceptors (Lipinski definition) is 6. The molecule has 138 valence electrons. The van der Waals surface area contributed by atoms with Crippen molar-refractivity contribution in [3.05, 3.63) is 74.6 Å². The number of hydrogen-bond donors (Lipinski definition) is 2. The first-order chi connectivity index (χ1) is 12.9. The third-order valence-electron chi connectivity index (χ3n) is 4.30. The Morgan fingerprint density at radius 1 is 1.00 bits per heavy atom. The highest BCUT2D eigenvalue weighted by molar-refractivity contribution is 6.31. The normalized spacial score (nSPS) is 10.5. The molecule has 0 aliphatic rings. The molecule has 1 heterocycles. The van der Waals surface area contributed by atoms with E-state index in [4.69, 9.17) is 11.6 Å². The Hall–Kier alpha value is -3.19. The molecular weight excluding hydrogens is 366 g/mol. The average molecular weight is 384 g/mol. The summed E-state index contributed by atoms with van der Waals surface area (Å²) in [4.78, 5) is 19.3. The molecule has 0 spiro atoms. The Morgan fingerprint density at radius 3 is 2.37 bits per heavy atom. The summed E-state index contributed by atoms with van der Waals surface area (Å²) in [6.45, 7) is 5.80. The molecule has 0 bridgehead atoms. The molecule has 3 rings (SSSR count). The molecule has 7 nitrogen and oxygen atoms in total. The summed E-state index contributed by atoms with van der Waals surface area (Å²) in [7, 11) is 0. The fourth-order valence-electron chi connectivity index (χ4n) is 2.56. The molecule has 1 aromatic heterocycles. The number of nitrogens with zero attached hydrogens (tertiary/aromatic N) is 3. The van der Waals surface area contributed by atoms with Gasteiger partial charge >= 0.3 is 5.69 Å². The van der Waals surface area contributed by atoms with Gasteiger partial charge in [-0.3, -0.25) is 10.1 Å². The lowest BCUT2D eigenvalue weighted by molar-refractivity contribution is -0.383. The van der Waals surface area contributed by atoms with E-state index in [-0.39, 0.29) is 17.3 Å². The Morgan fingerprint density at radius 2 is 1.70 bits per heavy atom. The monoisotopic (exact) mass is 383 g/mol. The molecular formula is C19H18ClN5O2. The Kier molecular flexibility index (Phi) is 5.23. The van der Waals surface area contributed by atoms with Gasteiger partial charge in [0.1, 0.15) is 6.33 Å². The van der Waals surface area contributed by atoms with Crippen LogP contribution in [-0.2, 0) is 0 Å². The molecule has 0 amide bonds. The van der Waals surface area contributed by atoms with Crippen LogP contribution in [0.5, 0.6) is 0 Å². The van der Waals surface area contributed by atoms with Crippen molar-refractivity contribution in [3.8, 4) is 0 Å². The zero-order chi connectivity index (χ0) is 19.6. The van der Waals surface area contributed by atoms with Gasteiger partial charge in [-0.25, -0.2) is 9.97 Å². The largest absolute Gasteiger partial charge is 0.353 e. The maximum atomic E-state index is 11.7. The summed E-state index contributed by atoms with van der Waals surface area (Å²) < 4.78 is 0. The van der Waals surface area contributed by atoms with Crippen molar-refractivity contribution >= 4 is 40.3 Å². The minimum Gasteiger partial charge on any atom is -0.334 e. The summed E-state index contributed by atoms with van der Waals surface area (Å²) in [6, 6.07) is 11.0. The van der Waals surface area contributed by atoms with E-state index in [1.165, 1.54) is 6.33 Å². The van der Waals surface area contributed by atoms with Crippen LogP contribution in [0.15, 0.2) is 42.7 Å². The average Bonchev–Trinajstić information content (AvgIpc) is 2.62. The molecule has 2 aromatic carbocycles. The maximum absolute atomic E-state index is 11.7. The number of nitro groups is 1. The molecule has 0 radical (unpaired) electrons. The van der Waals surface area contributed by atoms with Gasteiger partial charge in [0.15, 0.2) is 0 Å². The zero-order valence-electron chi connectivity index (χ0n) is 15.1. The van der Waals surface area contributed by atoms with E-state index in [0.717, 1.165) is 22.4 Å². The van der Waals surface area contributed by atoms with Crippen molar-refractivity contribution < 1.29 is 4.92 Å². The fraction of sp³-hybridized carbons (Fsp3) is 0.158. The minimum absolute atomic E-state index is 0.0859. The molecule has 2 N–H and O–H groups in total. The summed E-state index contributed by atoms with van der Waals surface area (Å²) in [5.74, 6) is 0.201. The van der Waals surface area contributed by atoms with Gasteiger partial charge in [0.2, 0.25) is 11.6 Å². The van der Waals surface area contributed by atoms with E-state index >= 15 is 0 Å². The fourth-order valence-corrected chi connectivity index (χ4v) is 2.74. The molecule has 8 heteroatoms. The van der Waals surface area contributed by atoms with E-state index in [2.05, 4.69) is 20.6 Å². The van der Waals surface area contributed by atoms with Gasteiger partial charge in [-0.1, -0.05) is 29.8 Å². The van der Waals surface area contributed by atoms with Gasteiger partial charge in [0.25, 0.3) is 0 Å². The van der Waals surface area contributed by atoms with Crippen LogP contribution in [0, 0.1) is 30.9 Å². The third kappa shape index (κ3) is 3.98. The Balaban J connectivity index is 2.01. The smallest absolute Gasteiger partial charge is 0.334 e. The lowest BCUT2D eigenvalue weighted by Crippen LogP contribution is -2.06. The van der Waals surface area contributed by atoms with Crippen LogP contribution in [0.1, 0.15) is 16.7 Å². The minimum atomic E-state index is -0.508. The number of aromatic nitrogens is 2. The molecule has 3 aromatic rings. The SMILES string of the molecule is Cc1ccc(Nc2ncnc(Nc3cccc(C)c3C)c2[N+](=O)[O-])cc1Cl. The number of rotatable bonds is 5. The molecule has 27 heavy (non-hydrogen) atoms. The van der Waals surface area contributed by atoms with E-state index in [1.54, 1.807) is 12.1 Å². The second-order valence-corrected chi connectivity index (χ2v) is 6.55. The van der Waals surface area contributed by atoms with Gasteiger partial charge < -0.3 is 10.6 Å². The Labute approximate surface area is 161 Å². The van der Waals surface area contributed by atoms with Gasteiger partial charge in [0, 0.05) is 16.4 Å². The van der Waals surface area contributed by atoms with Crippen LogP contribution in [0.25, 0.3) is 0 Å². The highest BCUT2D eigenvalue weighted by Crippen LogP contribution is 2.34. The van der Waals surface area contributed by atoms with Crippen LogP contribution in [0.3, 0.4) is 0 Å². The molecule has 0 aliphatic carbocycles. The number of aryl methyl sites for hydroxylation is 2. The van der Waals surface area contributed by atoms with Crippen LogP contribution in [0.2, 0.25) is 5.02 Å². The second-order valence-electron chi connectivity index (χ2n) is 6.14. The van der Waals surface area contributed by atoms with E-state index in [1.807, 2.05) is 45.0 Å². The van der Waals surface area contributed by atoms with Gasteiger partial charge in [-0.15, -0.1) is 0 Å². The van der Waals surface area contributed by atoms with Crippen molar-refractivity contribution in [3.63, 3.8) is 0 Å². The molecule has 0 fully saturated rings. The van der Waals surface area contributed by atoms with Crippen molar-refractivity contribution in [1.82, 2.24) is 9.97 Å². The molecule has 0 saturated carbocycles. The van der Waals surface area contributed by atoms with E-state index in [0.29, 0.717) is 10.7 Å². The predicted molar refractivity (Wildman–Crippen MR) is 107 cm³/mol. The van der Waals surface area contributed by atoms with Gasteiger partial charge in [0.05, 0.1) is 4.92 Å². The molecule has 0 aliphatic heterocycles. The summed E-state index contributed by atoms with van der Waals surface area (Å²) >= 11 is 6.13. The van der Waals surface area contributed by atoms with Crippen molar-refractivity contribution in [2.24, 2.45) is 0 Å². The first-order valence-corrected chi connectivity index (χ1v) is 8.60. The Bertz CT molecular complexity index is 1020. The van der Waals surface area contributed by atoms with Crippen molar-refractivity contribution in [1.29, 1.82) is 0 Å². The lowest BCUT2D eigenvalue weighted by atomic mass is 10.1. The zero-order valence-corrected chi connectivity index (χ0v) is 15.8. The first kappa shape index (κ1) is 18.6. The predicted octanol–water partition coefficient (Wildman–Crippen LogP) is 5.45. The van der Waals surface area contributed by atoms with Crippen molar-refractivity contribution in [2.75, 3.05) is 10.6 Å². The topological polar surface area (TPSA) is 93.0 Å². The third-order valence-corrected chi connectivity index (χ3v) is 4.70. The molecule has 0 saturated heterocycles. The van der Waals surface area contributed by atoms with Gasteiger partial charge in [-0.05, 0) is 55.7 Å². The van der Waals surface area contributed by atoms with Gasteiger partial charge in [-0.2, -0.15) is 0 Å². The molecule has 0 unspecified atom stereocenters. The standard InChI is InChI=1S/C19H18ClN5O2/c1-11-5-4-6-16(13(11)3)24-19-17(25(26)27)18(21-10-22-19)23-14-8-7-12(2)15(20)9-14/h4-10H,1-3H3,(H2,21,22,23,24). The summed E-state index contributed by atoms with van der Waals surface area (Å²) in [5.41, 5.74) is 4.09. The van der Waals surface area contributed by atoms with E-state index in [9.17, 15) is 10.1 Å². The number of nitrogens with one attached hydrogen (secondary N) is 2. The van der Waals surface area contributed by atoms with Crippen molar-refractivity contribution in [2.45, 2.75) is 20.8 Å². The summed E-state index contributed by atoms with van der Waals surface area (Å²) in [6.07, 6.45) is 1.28. The van der Waals surface area contributed by atoms with Crippen LogP contribution >= 0.6 is 11.6 Å². The number of anilines is 4. The second kappa shape index (κ2) is 7.59. The quantitative estimate of drug-likeness (QED) is 0.449. The lowest BCUT2D eigenvalue weighted by Gasteiger charge is -2.13. The van der Waals surface area contributed by atoms with Crippen LogP contribution in [-0.4, -0.2) is 14.9 Å². The molecule has 0 atom stereocenters. The first-order valence-electron chi connectivity index (χ1n) is 8.22. The van der Waals surface area contributed by atoms with Crippen LogP contribution in [0.4, 0.5) is 28.7 Å². The highest BCUT2D eigenvalue weighted by Gasteiger charge is 2.24.